The fourth-order valence-corrected chi connectivity index (χ4v) is 2.40. The molecule has 128 valence electrons. The first-order valence-electron chi connectivity index (χ1n) is 7.16. The quantitative estimate of drug-likeness (QED) is 0.665. The van der Waals surface area contributed by atoms with E-state index < -0.39 is 11.8 Å². The SMILES string of the molecule is COc1cc(NC(=O)c2ccc(Br)o2)ccc1NC(=O)c1ccco1. The smallest absolute Gasteiger partial charge is 0.291 e. The van der Waals surface area contributed by atoms with Crippen molar-refractivity contribution in [3.63, 3.8) is 0 Å². The van der Waals surface area contributed by atoms with Crippen LogP contribution in [-0.4, -0.2) is 18.9 Å². The minimum atomic E-state index is -0.403. The maximum absolute atomic E-state index is 12.1. The monoisotopic (exact) mass is 404 g/mol. The second kappa shape index (κ2) is 7.27. The number of carbonyl (C=O) groups is 2. The minimum absolute atomic E-state index is 0.168. The summed E-state index contributed by atoms with van der Waals surface area (Å²) in [5.74, 6) is -0.0668. The molecule has 2 heterocycles. The van der Waals surface area contributed by atoms with E-state index in [2.05, 4.69) is 26.6 Å². The summed E-state index contributed by atoms with van der Waals surface area (Å²) in [6.45, 7) is 0. The number of furan rings is 2. The van der Waals surface area contributed by atoms with E-state index in [4.69, 9.17) is 13.6 Å². The maximum atomic E-state index is 12.1. The Hall–Kier alpha value is -3.00. The van der Waals surface area contributed by atoms with Crippen molar-refractivity contribution in [1.82, 2.24) is 0 Å². The lowest BCUT2D eigenvalue weighted by Crippen LogP contribution is -2.13. The number of hydrogen-bond acceptors (Lipinski definition) is 5. The van der Waals surface area contributed by atoms with Crippen molar-refractivity contribution < 1.29 is 23.2 Å². The van der Waals surface area contributed by atoms with Crippen molar-refractivity contribution in [3.05, 3.63) is 64.9 Å². The minimum Gasteiger partial charge on any atom is -0.494 e. The van der Waals surface area contributed by atoms with E-state index in [1.54, 1.807) is 42.5 Å². The predicted molar refractivity (Wildman–Crippen MR) is 94.0 cm³/mol. The Labute approximate surface area is 151 Å². The van der Waals surface area contributed by atoms with Crippen LogP contribution in [-0.2, 0) is 0 Å². The van der Waals surface area contributed by atoms with Gasteiger partial charge in [0.15, 0.2) is 16.2 Å². The highest BCUT2D eigenvalue weighted by Crippen LogP contribution is 2.29. The highest BCUT2D eigenvalue weighted by atomic mass is 79.9. The third kappa shape index (κ3) is 3.92. The van der Waals surface area contributed by atoms with E-state index in [-0.39, 0.29) is 11.5 Å². The van der Waals surface area contributed by atoms with Gasteiger partial charge in [0, 0.05) is 11.8 Å². The Balaban J connectivity index is 1.75. The first kappa shape index (κ1) is 16.8. The number of halogens is 1. The molecule has 0 aliphatic rings. The third-order valence-electron chi connectivity index (χ3n) is 3.25. The largest absolute Gasteiger partial charge is 0.494 e. The summed E-state index contributed by atoms with van der Waals surface area (Å²) in [5.41, 5.74) is 0.938. The lowest BCUT2D eigenvalue weighted by Gasteiger charge is -2.11. The lowest BCUT2D eigenvalue weighted by atomic mass is 10.2. The third-order valence-corrected chi connectivity index (χ3v) is 3.68. The van der Waals surface area contributed by atoms with Crippen LogP contribution in [0.15, 0.2) is 62.2 Å². The van der Waals surface area contributed by atoms with Crippen molar-refractivity contribution in [3.8, 4) is 5.75 Å². The molecule has 0 aliphatic heterocycles. The summed E-state index contributed by atoms with van der Waals surface area (Å²) in [5, 5.41) is 5.37. The number of benzene rings is 1. The summed E-state index contributed by atoms with van der Waals surface area (Å²) < 4.78 is 16.0. The number of amides is 2. The van der Waals surface area contributed by atoms with Crippen LogP contribution < -0.4 is 15.4 Å². The summed E-state index contributed by atoms with van der Waals surface area (Å²) >= 11 is 3.14. The van der Waals surface area contributed by atoms with Gasteiger partial charge in [0.25, 0.3) is 11.8 Å². The van der Waals surface area contributed by atoms with Crippen LogP contribution in [0, 0.1) is 0 Å². The van der Waals surface area contributed by atoms with Gasteiger partial charge in [0.1, 0.15) is 5.75 Å². The number of hydrogen-bond donors (Lipinski definition) is 2. The summed E-state index contributed by atoms with van der Waals surface area (Å²) in [6.07, 6.45) is 1.41. The zero-order chi connectivity index (χ0) is 17.8. The fourth-order valence-electron chi connectivity index (χ4n) is 2.09. The molecule has 0 atom stereocenters. The molecule has 0 bridgehead atoms. The number of methoxy groups -OCH3 is 1. The normalized spacial score (nSPS) is 10.3. The molecule has 0 spiro atoms. The van der Waals surface area contributed by atoms with Gasteiger partial charge in [0.05, 0.1) is 19.1 Å². The molecule has 0 fully saturated rings. The van der Waals surface area contributed by atoms with Gasteiger partial charge in [-0.15, -0.1) is 0 Å². The Kier molecular flexibility index (Phi) is 4.90. The average Bonchev–Trinajstić information content (AvgIpc) is 3.27. The number of anilines is 2. The van der Waals surface area contributed by atoms with Crippen molar-refractivity contribution in [2.45, 2.75) is 0 Å². The molecule has 0 aliphatic carbocycles. The second-order valence-electron chi connectivity index (χ2n) is 4.90. The molecule has 2 amide bonds. The van der Waals surface area contributed by atoms with Crippen molar-refractivity contribution in [1.29, 1.82) is 0 Å². The highest BCUT2D eigenvalue weighted by molar-refractivity contribution is 9.10. The van der Waals surface area contributed by atoms with Gasteiger partial charge in [-0.3, -0.25) is 9.59 Å². The Morgan fingerprint density at radius 3 is 2.48 bits per heavy atom. The van der Waals surface area contributed by atoms with Crippen LogP contribution in [0.4, 0.5) is 11.4 Å². The predicted octanol–water partition coefficient (Wildman–Crippen LogP) is 4.15. The Morgan fingerprint density at radius 2 is 1.84 bits per heavy atom. The molecule has 2 aromatic heterocycles. The Bertz CT molecular complexity index is 902. The molecule has 0 unspecified atom stereocenters. The van der Waals surface area contributed by atoms with Gasteiger partial charge < -0.3 is 24.2 Å². The van der Waals surface area contributed by atoms with Gasteiger partial charge in [-0.05, 0) is 52.3 Å². The molecular weight excluding hydrogens is 392 g/mol. The van der Waals surface area contributed by atoms with Crippen LogP contribution in [0.2, 0.25) is 0 Å². The summed E-state index contributed by atoms with van der Waals surface area (Å²) in [4.78, 5) is 24.1. The van der Waals surface area contributed by atoms with Crippen molar-refractivity contribution >= 4 is 39.1 Å². The molecule has 7 nitrogen and oxygen atoms in total. The molecule has 8 heteroatoms. The zero-order valence-electron chi connectivity index (χ0n) is 13.0. The van der Waals surface area contributed by atoms with Crippen LogP contribution in [0.3, 0.4) is 0 Å². The second-order valence-corrected chi connectivity index (χ2v) is 5.69. The van der Waals surface area contributed by atoms with E-state index in [1.165, 1.54) is 13.4 Å². The van der Waals surface area contributed by atoms with Gasteiger partial charge in [-0.1, -0.05) is 0 Å². The van der Waals surface area contributed by atoms with Gasteiger partial charge >= 0.3 is 0 Å². The lowest BCUT2D eigenvalue weighted by molar-refractivity contribution is 0.0988. The van der Waals surface area contributed by atoms with Crippen LogP contribution in [0.5, 0.6) is 5.75 Å². The van der Waals surface area contributed by atoms with Crippen LogP contribution in [0.1, 0.15) is 21.1 Å². The molecule has 0 radical (unpaired) electrons. The molecule has 2 N–H and O–H groups in total. The number of carbonyl (C=O) groups excluding carboxylic acids is 2. The van der Waals surface area contributed by atoms with E-state index in [0.29, 0.717) is 21.8 Å². The standard InChI is InChI=1S/C17H13BrN2O5/c1-23-14-9-10(19-17(22)13-6-7-15(18)25-13)4-5-11(14)20-16(21)12-3-2-8-24-12/h2-9H,1H3,(H,19,22)(H,20,21). The van der Waals surface area contributed by atoms with Gasteiger partial charge in [0.2, 0.25) is 0 Å². The van der Waals surface area contributed by atoms with Crippen LogP contribution in [0.25, 0.3) is 0 Å². The molecular formula is C17H13BrN2O5. The maximum Gasteiger partial charge on any atom is 0.291 e. The van der Waals surface area contributed by atoms with E-state index in [1.807, 2.05) is 0 Å². The van der Waals surface area contributed by atoms with E-state index in [0.717, 1.165) is 0 Å². The molecule has 1 aromatic carbocycles. The topological polar surface area (TPSA) is 93.7 Å². The van der Waals surface area contributed by atoms with E-state index >= 15 is 0 Å². The Morgan fingerprint density at radius 1 is 1.04 bits per heavy atom. The van der Waals surface area contributed by atoms with Crippen LogP contribution >= 0.6 is 15.9 Å². The number of rotatable bonds is 5. The molecule has 3 aromatic rings. The molecule has 25 heavy (non-hydrogen) atoms. The first-order chi connectivity index (χ1) is 12.1. The molecule has 0 saturated heterocycles. The van der Waals surface area contributed by atoms with E-state index in [9.17, 15) is 9.59 Å². The number of nitrogens with one attached hydrogen (secondary N) is 2. The first-order valence-corrected chi connectivity index (χ1v) is 7.95. The molecule has 3 rings (SSSR count). The highest BCUT2D eigenvalue weighted by Gasteiger charge is 2.15. The summed E-state index contributed by atoms with van der Waals surface area (Å²) in [7, 11) is 1.47. The fraction of sp³-hybridized carbons (Fsp3) is 0.0588. The molecule has 0 saturated carbocycles. The van der Waals surface area contributed by atoms with Gasteiger partial charge in [-0.2, -0.15) is 0 Å². The van der Waals surface area contributed by atoms with Gasteiger partial charge in [-0.25, -0.2) is 0 Å². The summed E-state index contributed by atoms with van der Waals surface area (Å²) in [6, 6.07) is 11.2. The number of ether oxygens (including phenoxy) is 1. The van der Waals surface area contributed by atoms with Crippen molar-refractivity contribution in [2.24, 2.45) is 0 Å². The average molecular weight is 405 g/mol. The zero-order valence-corrected chi connectivity index (χ0v) is 14.6. The van der Waals surface area contributed by atoms with Crippen molar-refractivity contribution in [2.75, 3.05) is 17.7 Å².